The van der Waals surface area contributed by atoms with Gasteiger partial charge in [0.1, 0.15) is 12.4 Å². The number of likely N-dealkylation sites (tertiary alicyclic amines) is 1. The molecule has 0 aromatic heterocycles. The maximum Gasteiger partial charge on any atom is 0.128 e. The highest BCUT2D eigenvalue weighted by molar-refractivity contribution is 6.08. The summed E-state index contributed by atoms with van der Waals surface area (Å²) in [6, 6.07) is 13.3. The lowest BCUT2D eigenvalue weighted by Crippen LogP contribution is -2.33. The Hall–Kier alpha value is -3.37. The van der Waals surface area contributed by atoms with Gasteiger partial charge in [0.25, 0.3) is 0 Å². The molecule has 1 fully saturated rings. The molecule has 38 heavy (non-hydrogen) atoms. The fraction of sp³-hybridized carbons (Fsp3) is 0.382. The molecule has 0 radical (unpaired) electrons. The van der Waals surface area contributed by atoms with E-state index in [0.29, 0.717) is 0 Å². The molecular formula is C34H41N3O. The van der Waals surface area contributed by atoms with E-state index in [2.05, 4.69) is 103 Å². The molecule has 2 aliphatic heterocycles. The first-order chi connectivity index (χ1) is 18.7. The van der Waals surface area contributed by atoms with E-state index in [4.69, 9.17) is 9.73 Å². The second-order valence-corrected chi connectivity index (χ2v) is 10.3. The SMILES string of the molecule is CCN(CC)c1ccc(/C=C/C2=NCC(/C=C/c3ccc4c(c3)CC=C4)=C2)c(OCCN2CCCCC2)c1. The predicted octanol–water partition coefficient (Wildman–Crippen LogP) is 7.07. The van der Waals surface area contributed by atoms with Crippen molar-refractivity contribution in [1.82, 2.24) is 4.90 Å². The molecule has 198 valence electrons. The number of hydrogen-bond acceptors (Lipinski definition) is 4. The van der Waals surface area contributed by atoms with E-state index >= 15 is 0 Å². The summed E-state index contributed by atoms with van der Waals surface area (Å²) in [5, 5.41) is 0. The minimum Gasteiger partial charge on any atom is -0.492 e. The van der Waals surface area contributed by atoms with Crippen LogP contribution in [0.25, 0.3) is 18.2 Å². The van der Waals surface area contributed by atoms with E-state index < -0.39 is 0 Å². The summed E-state index contributed by atoms with van der Waals surface area (Å²) in [7, 11) is 0. The van der Waals surface area contributed by atoms with E-state index in [1.165, 1.54) is 60.3 Å². The highest BCUT2D eigenvalue weighted by atomic mass is 16.5. The van der Waals surface area contributed by atoms with Crippen LogP contribution in [-0.4, -0.2) is 56.5 Å². The highest BCUT2D eigenvalue weighted by Crippen LogP contribution is 2.28. The molecule has 1 saturated heterocycles. The topological polar surface area (TPSA) is 28.1 Å². The molecule has 0 amide bonds. The zero-order chi connectivity index (χ0) is 26.2. The van der Waals surface area contributed by atoms with Gasteiger partial charge < -0.3 is 9.64 Å². The summed E-state index contributed by atoms with van der Waals surface area (Å²) in [6.45, 7) is 11.2. The van der Waals surface area contributed by atoms with Crippen molar-refractivity contribution in [2.75, 3.05) is 50.8 Å². The zero-order valence-corrected chi connectivity index (χ0v) is 23.0. The van der Waals surface area contributed by atoms with Gasteiger partial charge in [-0.25, -0.2) is 0 Å². The molecule has 2 aromatic rings. The third-order valence-corrected chi connectivity index (χ3v) is 7.74. The van der Waals surface area contributed by atoms with Crippen LogP contribution in [0.15, 0.2) is 71.3 Å². The predicted molar refractivity (Wildman–Crippen MR) is 163 cm³/mol. The molecule has 2 heterocycles. The van der Waals surface area contributed by atoms with Crippen LogP contribution >= 0.6 is 0 Å². The number of hydrogen-bond donors (Lipinski definition) is 0. The van der Waals surface area contributed by atoms with Crippen LogP contribution < -0.4 is 9.64 Å². The van der Waals surface area contributed by atoms with Gasteiger partial charge in [0, 0.05) is 37.0 Å². The third-order valence-electron chi connectivity index (χ3n) is 7.74. The van der Waals surface area contributed by atoms with Gasteiger partial charge in [0.05, 0.1) is 12.3 Å². The Kier molecular flexibility index (Phi) is 8.93. The van der Waals surface area contributed by atoms with Gasteiger partial charge >= 0.3 is 0 Å². The molecule has 5 rings (SSSR count). The van der Waals surface area contributed by atoms with Crippen LogP contribution in [-0.2, 0) is 6.42 Å². The molecular weight excluding hydrogens is 466 g/mol. The van der Waals surface area contributed by atoms with E-state index in [-0.39, 0.29) is 0 Å². The summed E-state index contributed by atoms with van der Waals surface area (Å²) >= 11 is 0. The Balaban J connectivity index is 1.25. The number of ether oxygens (including phenoxy) is 1. The van der Waals surface area contributed by atoms with Crippen molar-refractivity contribution in [3.8, 4) is 5.75 Å². The normalized spacial score (nSPS) is 17.3. The summed E-state index contributed by atoms with van der Waals surface area (Å²) in [5.41, 5.74) is 8.57. The molecule has 0 unspecified atom stereocenters. The summed E-state index contributed by atoms with van der Waals surface area (Å²) in [6.07, 6.45) is 20.3. The average Bonchev–Trinajstić information content (AvgIpc) is 3.62. The Morgan fingerprint density at radius 1 is 0.947 bits per heavy atom. The maximum atomic E-state index is 6.38. The molecule has 1 aliphatic carbocycles. The van der Waals surface area contributed by atoms with Crippen LogP contribution in [0.5, 0.6) is 5.75 Å². The molecule has 0 bridgehead atoms. The number of benzene rings is 2. The molecule has 4 heteroatoms. The standard InChI is InChI=1S/C34H41N3O/c1-3-37(4-2)33-18-16-30(34(25-33)38-22-21-36-19-6-5-7-20-36)15-17-32-24-28(26-35-32)12-11-27-13-14-29-9-8-10-31(29)23-27/h8-9,11-18,23-25H,3-7,10,19-22,26H2,1-2H3/b12-11+,17-15+. The van der Waals surface area contributed by atoms with Crippen molar-refractivity contribution < 1.29 is 4.74 Å². The monoisotopic (exact) mass is 507 g/mol. The van der Waals surface area contributed by atoms with E-state index in [1.54, 1.807) is 0 Å². The van der Waals surface area contributed by atoms with Gasteiger partial charge in [-0.2, -0.15) is 0 Å². The fourth-order valence-electron chi connectivity index (χ4n) is 5.46. The first kappa shape index (κ1) is 26.2. The van der Waals surface area contributed by atoms with Crippen LogP contribution in [0, 0.1) is 0 Å². The molecule has 0 N–H and O–H groups in total. The van der Waals surface area contributed by atoms with Crippen LogP contribution in [0.1, 0.15) is 55.4 Å². The lowest BCUT2D eigenvalue weighted by Gasteiger charge is -2.26. The summed E-state index contributed by atoms with van der Waals surface area (Å²) < 4.78 is 6.38. The molecule has 0 saturated carbocycles. The lowest BCUT2D eigenvalue weighted by molar-refractivity contribution is 0.183. The van der Waals surface area contributed by atoms with Crippen LogP contribution in [0.4, 0.5) is 5.69 Å². The molecule has 4 nitrogen and oxygen atoms in total. The van der Waals surface area contributed by atoms with Gasteiger partial charge in [-0.3, -0.25) is 9.89 Å². The Morgan fingerprint density at radius 2 is 1.82 bits per heavy atom. The van der Waals surface area contributed by atoms with Crippen molar-refractivity contribution >= 4 is 29.6 Å². The van der Waals surface area contributed by atoms with Gasteiger partial charge in [-0.1, -0.05) is 48.9 Å². The first-order valence-electron chi connectivity index (χ1n) is 14.4. The minimum atomic E-state index is 0.719. The fourth-order valence-corrected chi connectivity index (χ4v) is 5.46. The van der Waals surface area contributed by atoms with Gasteiger partial charge in [0.15, 0.2) is 0 Å². The Labute approximate surface area is 228 Å². The quantitative estimate of drug-likeness (QED) is 0.325. The molecule has 2 aromatic carbocycles. The van der Waals surface area contributed by atoms with Crippen molar-refractivity contribution in [1.29, 1.82) is 0 Å². The molecule has 0 atom stereocenters. The third kappa shape index (κ3) is 6.73. The van der Waals surface area contributed by atoms with E-state index in [0.717, 1.165) is 56.2 Å². The van der Waals surface area contributed by atoms with E-state index in [1.807, 2.05) is 0 Å². The number of rotatable bonds is 11. The number of aliphatic imine (C=N–C) groups is 1. The van der Waals surface area contributed by atoms with Gasteiger partial charge in [0.2, 0.25) is 0 Å². The smallest absolute Gasteiger partial charge is 0.128 e. The van der Waals surface area contributed by atoms with Crippen LogP contribution in [0.2, 0.25) is 0 Å². The number of piperidine rings is 1. The van der Waals surface area contributed by atoms with Crippen molar-refractivity contribution in [2.45, 2.75) is 39.5 Å². The van der Waals surface area contributed by atoms with Crippen molar-refractivity contribution in [3.63, 3.8) is 0 Å². The van der Waals surface area contributed by atoms with Crippen molar-refractivity contribution in [3.05, 3.63) is 88.5 Å². The van der Waals surface area contributed by atoms with Gasteiger partial charge in [-0.05, 0) is 98.8 Å². The van der Waals surface area contributed by atoms with Crippen molar-refractivity contribution in [2.24, 2.45) is 4.99 Å². The second-order valence-electron chi connectivity index (χ2n) is 10.3. The number of anilines is 1. The zero-order valence-electron chi connectivity index (χ0n) is 23.0. The Morgan fingerprint density at radius 3 is 2.66 bits per heavy atom. The molecule has 0 spiro atoms. The number of nitrogens with zero attached hydrogens (tertiary/aromatic N) is 3. The van der Waals surface area contributed by atoms with E-state index in [9.17, 15) is 0 Å². The lowest BCUT2D eigenvalue weighted by atomic mass is 10.0. The molecule has 3 aliphatic rings. The van der Waals surface area contributed by atoms with Crippen LogP contribution in [0.3, 0.4) is 0 Å². The largest absolute Gasteiger partial charge is 0.492 e. The first-order valence-corrected chi connectivity index (χ1v) is 14.4. The van der Waals surface area contributed by atoms with Gasteiger partial charge in [-0.15, -0.1) is 0 Å². The summed E-state index contributed by atoms with van der Waals surface area (Å²) in [5.74, 6) is 0.955. The average molecular weight is 508 g/mol. The minimum absolute atomic E-state index is 0.719. The number of allylic oxidation sites excluding steroid dienone is 3. The highest BCUT2D eigenvalue weighted by Gasteiger charge is 2.12. The Bertz CT molecular complexity index is 1260. The summed E-state index contributed by atoms with van der Waals surface area (Å²) in [4.78, 5) is 9.64. The maximum absolute atomic E-state index is 6.38. The second kappa shape index (κ2) is 12.9. The number of fused-ring (bicyclic) bond motifs is 1.